The Balaban J connectivity index is 1.61. The number of piperidine rings is 1. The number of amides is 1. The molecule has 0 aliphatic carbocycles. The largest absolute Gasteiger partial charge is 0.345 e. The van der Waals surface area contributed by atoms with Crippen LogP contribution in [0.25, 0.3) is 0 Å². The van der Waals surface area contributed by atoms with E-state index in [1.165, 1.54) is 19.3 Å². The summed E-state index contributed by atoms with van der Waals surface area (Å²) in [6.45, 7) is 5.40. The van der Waals surface area contributed by atoms with Crippen molar-refractivity contribution in [1.29, 1.82) is 0 Å². The molecule has 1 aliphatic rings. The SMILES string of the molecule is CCC1CCCN(CCC(=O)NC(c2ccccc2)c2ccccc2)C1. The molecule has 0 spiro atoms. The molecule has 0 bridgehead atoms. The van der Waals surface area contributed by atoms with Gasteiger partial charge in [-0.15, -0.1) is 0 Å². The molecule has 1 saturated heterocycles. The van der Waals surface area contributed by atoms with Crippen molar-refractivity contribution in [1.82, 2.24) is 10.2 Å². The van der Waals surface area contributed by atoms with Crippen LogP contribution in [0.2, 0.25) is 0 Å². The van der Waals surface area contributed by atoms with Crippen LogP contribution in [0.3, 0.4) is 0 Å². The molecular formula is C23H30N2O. The van der Waals surface area contributed by atoms with Crippen LogP contribution in [-0.4, -0.2) is 30.4 Å². The van der Waals surface area contributed by atoms with Crippen LogP contribution < -0.4 is 5.32 Å². The highest BCUT2D eigenvalue weighted by atomic mass is 16.1. The van der Waals surface area contributed by atoms with Crippen LogP contribution in [0.4, 0.5) is 0 Å². The molecule has 3 rings (SSSR count). The van der Waals surface area contributed by atoms with Gasteiger partial charge < -0.3 is 10.2 Å². The molecule has 2 aromatic rings. The zero-order valence-electron chi connectivity index (χ0n) is 15.7. The van der Waals surface area contributed by atoms with E-state index >= 15 is 0 Å². The van der Waals surface area contributed by atoms with Crippen LogP contribution in [0.5, 0.6) is 0 Å². The number of rotatable bonds is 7. The van der Waals surface area contributed by atoms with Gasteiger partial charge in [0.2, 0.25) is 5.91 Å². The molecule has 1 fully saturated rings. The first-order valence-electron chi connectivity index (χ1n) is 9.88. The van der Waals surface area contributed by atoms with Crippen LogP contribution in [-0.2, 0) is 4.79 Å². The molecule has 138 valence electrons. The van der Waals surface area contributed by atoms with Crippen molar-refractivity contribution in [3.05, 3.63) is 71.8 Å². The molecule has 0 aromatic heterocycles. The summed E-state index contributed by atoms with van der Waals surface area (Å²) >= 11 is 0. The van der Waals surface area contributed by atoms with E-state index in [0.717, 1.165) is 36.7 Å². The third-order valence-corrected chi connectivity index (χ3v) is 5.41. The smallest absolute Gasteiger partial charge is 0.222 e. The summed E-state index contributed by atoms with van der Waals surface area (Å²) in [5.74, 6) is 0.925. The van der Waals surface area contributed by atoms with Gasteiger partial charge in [0.05, 0.1) is 6.04 Å². The molecule has 2 aromatic carbocycles. The predicted octanol–water partition coefficient (Wildman–Crippen LogP) is 4.40. The molecule has 26 heavy (non-hydrogen) atoms. The van der Waals surface area contributed by atoms with E-state index in [9.17, 15) is 4.79 Å². The van der Waals surface area contributed by atoms with E-state index in [2.05, 4.69) is 41.4 Å². The first-order valence-corrected chi connectivity index (χ1v) is 9.88. The highest BCUT2D eigenvalue weighted by molar-refractivity contribution is 5.77. The fourth-order valence-electron chi connectivity index (χ4n) is 3.83. The highest BCUT2D eigenvalue weighted by Crippen LogP contribution is 2.22. The summed E-state index contributed by atoms with van der Waals surface area (Å²) < 4.78 is 0. The van der Waals surface area contributed by atoms with Gasteiger partial charge in [-0.1, -0.05) is 74.0 Å². The Kier molecular flexibility index (Phi) is 6.84. The van der Waals surface area contributed by atoms with Gasteiger partial charge in [0, 0.05) is 19.5 Å². The van der Waals surface area contributed by atoms with E-state index < -0.39 is 0 Å². The Morgan fingerprint density at radius 1 is 1.08 bits per heavy atom. The summed E-state index contributed by atoms with van der Waals surface area (Å²) in [5.41, 5.74) is 2.24. The normalized spacial score (nSPS) is 18.0. The Morgan fingerprint density at radius 2 is 1.69 bits per heavy atom. The van der Waals surface area contributed by atoms with Crippen molar-refractivity contribution < 1.29 is 4.79 Å². The maximum absolute atomic E-state index is 12.7. The Labute approximate surface area is 157 Å². The number of nitrogens with one attached hydrogen (secondary N) is 1. The molecule has 1 unspecified atom stereocenters. The second-order valence-electron chi connectivity index (χ2n) is 7.29. The third kappa shape index (κ3) is 5.18. The standard InChI is InChI=1S/C23H30N2O/c1-2-19-10-9-16-25(18-19)17-15-22(26)24-23(20-11-5-3-6-12-20)21-13-7-4-8-14-21/h3-8,11-14,19,23H,2,9-10,15-18H2,1H3,(H,24,26). The van der Waals surface area contributed by atoms with Crippen molar-refractivity contribution >= 4 is 5.91 Å². The molecule has 1 heterocycles. The maximum Gasteiger partial charge on any atom is 0.222 e. The van der Waals surface area contributed by atoms with Gasteiger partial charge >= 0.3 is 0 Å². The average Bonchev–Trinajstić information content (AvgIpc) is 2.72. The zero-order valence-corrected chi connectivity index (χ0v) is 15.7. The second kappa shape index (κ2) is 9.54. The van der Waals surface area contributed by atoms with Gasteiger partial charge in [0.25, 0.3) is 0 Å². The first-order chi connectivity index (χ1) is 12.8. The summed E-state index contributed by atoms with van der Waals surface area (Å²) in [4.78, 5) is 15.1. The monoisotopic (exact) mass is 350 g/mol. The van der Waals surface area contributed by atoms with Gasteiger partial charge in [0.1, 0.15) is 0 Å². The topological polar surface area (TPSA) is 32.3 Å². The molecule has 3 nitrogen and oxygen atoms in total. The number of carbonyl (C=O) groups is 1. The first kappa shape index (κ1) is 18.7. The average molecular weight is 351 g/mol. The molecule has 1 N–H and O–H groups in total. The predicted molar refractivity (Wildman–Crippen MR) is 107 cm³/mol. The van der Waals surface area contributed by atoms with Crippen LogP contribution >= 0.6 is 0 Å². The molecule has 1 aliphatic heterocycles. The second-order valence-corrected chi connectivity index (χ2v) is 7.29. The number of hydrogen-bond acceptors (Lipinski definition) is 2. The van der Waals surface area contributed by atoms with E-state index in [4.69, 9.17) is 0 Å². The quantitative estimate of drug-likeness (QED) is 0.802. The van der Waals surface area contributed by atoms with Gasteiger partial charge in [-0.2, -0.15) is 0 Å². The van der Waals surface area contributed by atoms with Gasteiger partial charge in [-0.3, -0.25) is 4.79 Å². The van der Waals surface area contributed by atoms with Crippen molar-refractivity contribution in [2.45, 2.75) is 38.6 Å². The van der Waals surface area contributed by atoms with E-state index in [0.29, 0.717) is 6.42 Å². The Morgan fingerprint density at radius 3 is 2.27 bits per heavy atom. The van der Waals surface area contributed by atoms with Gasteiger partial charge in [-0.25, -0.2) is 0 Å². The lowest BCUT2D eigenvalue weighted by Crippen LogP contribution is -2.38. The minimum absolute atomic E-state index is 0.0883. The molecule has 1 atom stereocenters. The number of carbonyl (C=O) groups excluding carboxylic acids is 1. The van der Waals surface area contributed by atoms with Crippen LogP contribution in [0.1, 0.15) is 49.8 Å². The van der Waals surface area contributed by atoms with Crippen LogP contribution in [0.15, 0.2) is 60.7 Å². The van der Waals surface area contributed by atoms with Crippen molar-refractivity contribution in [2.24, 2.45) is 5.92 Å². The summed E-state index contributed by atoms with van der Waals surface area (Å²) in [6, 6.07) is 20.3. The lowest BCUT2D eigenvalue weighted by atomic mass is 9.95. The summed E-state index contributed by atoms with van der Waals surface area (Å²) in [5, 5.41) is 3.25. The number of likely N-dealkylation sites (tertiary alicyclic amines) is 1. The zero-order chi connectivity index (χ0) is 18.2. The minimum Gasteiger partial charge on any atom is -0.345 e. The van der Waals surface area contributed by atoms with Crippen molar-refractivity contribution in [3.8, 4) is 0 Å². The third-order valence-electron chi connectivity index (χ3n) is 5.41. The Hall–Kier alpha value is -2.13. The maximum atomic E-state index is 12.7. The molecule has 0 saturated carbocycles. The fourth-order valence-corrected chi connectivity index (χ4v) is 3.83. The van der Waals surface area contributed by atoms with E-state index in [-0.39, 0.29) is 11.9 Å². The van der Waals surface area contributed by atoms with Crippen LogP contribution in [0, 0.1) is 5.92 Å². The lowest BCUT2D eigenvalue weighted by molar-refractivity contribution is -0.122. The van der Waals surface area contributed by atoms with E-state index in [1.807, 2.05) is 36.4 Å². The lowest BCUT2D eigenvalue weighted by Gasteiger charge is -2.32. The molecule has 3 heteroatoms. The molecule has 0 radical (unpaired) electrons. The number of benzene rings is 2. The van der Waals surface area contributed by atoms with Crippen molar-refractivity contribution in [2.75, 3.05) is 19.6 Å². The molecular weight excluding hydrogens is 320 g/mol. The van der Waals surface area contributed by atoms with E-state index in [1.54, 1.807) is 0 Å². The number of hydrogen-bond donors (Lipinski definition) is 1. The summed E-state index contributed by atoms with van der Waals surface area (Å²) in [6.07, 6.45) is 4.40. The Bertz CT molecular complexity index is 632. The highest BCUT2D eigenvalue weighted by Gasteiger charge is 2.20. The van der Waals surface area contributed by atoms with Gasteiger partial charge in [0.15, 0.2) is 0 Å². The van der Waals surface area contributed by atoms with Gasteiger partial charge in [-0.05, 0) is 36.4 Å². The van der Waals surface area contributed by atoms with Crippen molar-refractivity contribution in [3.63, 3.8) is 0 Å². The number of nitrogens with zero attached hydrogens (tertiary/aromatic N) is 1. The minimum atomic E-state index is -0.0883. The summed E-state index contributed by atoms with van der Waals surface area (Å²) in [7, 11) is 0. The molecule has 1 amide bonds. The fraction of sp³-hybridized carbons (Fsp3) is 0.435.